The van der Waals surface area contributed by atoms with Gasteiger partial charge in [-0.1, -0.05) is 0 Å². The summed E-state index contributed by atoms with van der Waals surface area (Å²) in [5.74, 6) is 0.0546. The molecule has 0 aliphatic heterocycles. The Morgan fingerprint density at radius 2 is 2.47 bits per heavy atom. The first-order valence-corrected chi connectivity index (χ1v) is 6.08. The number of rotatable bonds is 6. The van der Waals surface area contributed by atoms with Crippen LogP contribution < -0.4 is 5.32 Å². The van der Waals surface area contributed by atoms with Crippen LogP contribution in [0.15, 0.2) is 16.8 Å². The number of hydrogen-bond acceptors (Lipinski definition) is 3. The number of carbonyl (C=O) groups excluding carboxylic acids is 1. The highest BCUT2D eigenvalue weighted by atomic mass is 32.1. The molecule has 15 heavy (non-hydrogen) atoms. The van der Waals surface area contributed by atoms with Gasteiger partial charge in [-0.15, -0.1) is 0 Å². The van der Waals surface area contributed by atoms with Crippen molar-refractivity contribution in [2.24, 2.45) is 0 Å². The van der Waals surface area contributed by atoms with Crippen molar-refractivity contribution in [3.8, 4) is 0 Å². The van der Waals surface area contributed by atoms with Crippen LogP contribution in [-0.2, 0) is 11.2 Å². The van der Waals surface area contributed by atoms with Crippen LogP contribution in [-0.4, -0.2) is 23.7 Å². The number of amides is 1. The van der Waals surface area contributed by atoms with Gasteiger partial charge in [-0.2, -0.15) is 11.3 Å². The molecule has 0 fully saturated rings. The third kappa shape index (κ3) is 5.54. The van der Waals surface area contributed by atoms with Gasteiger partial charge in [-0.3, -0.25) is 4.79 Å². The molecule has 0 aliphatic carbocycles. The van der Waals surface area contributed by atoms with E-state index in [1.54, 1.807) is 18.3 Å². The fourth-order valence-corrected chi connectivity index (χ4v) is 1.94. The Morgan fingerprint density at radius 1 is 1.67 bits per heavy atom. The van der Waals surface area contributed by atoms with E-state index < -0.39 is 0 Å². The molecule has 84 valence electrons. The van der Waals surface area contributed by atoms with Crippen molar-refractivity contribution < 1.29 is 9.90 Å². The number of hydrogen-bond donors (Lipinski definition) is 2. The van der Waals surface area contributed by atoms with Crippen molar-refractivity contribution in [2.45, 2.75) is 32.3 Å². The Balaban J connectivity index is 2.09. The maximum absolute atomic E-state index is 11.4. The molecule has 0 spiro atoms. The average Bonchev–Trinajstić information content (AvgIpc) is 2.64. The number of aliphatic hydroxyl groups excluding tert-OH is 1. The monoisotopic (exact) mass is 227 g/mol. The third-order valence-electron chi connectivity index (χ3n) is 2.07. The normalized spacial score (nSPS) is 12.4. The van der Waals surface area contributed by atoms with Crippen LogP contribution in [0.25, 0.3) is 0 Å². The lowest BCUT2D eigenvalue weighted by molar-refractivity contribution is -0.120. The second kappa shape index (κ2) is 6.58. The van der Waals surface area contributed by atoms with E-state index in [-0.39, 0.29) is 12.0 Å². The molecule has 1 atom stereocenters. The van der Waals surface area contributed by atoms with E-state index >= 15 is 0 Å². The number of carbonyl (C=O) groups is 1. The number of thiophene rings is 1. The maximum atomic E-state index is 11.4. The summed E-state index contributed by atoms with van der Waals surface area (Å²) in [6.07, 6.45) is 1.74. The topological polar surface area (TPSA) is 49.3 Å². The van der Waals surface area contributed by atoms with Gasteiger partial charge in [0.1, 0.15) is 0 Å². The molecule has 1 aromatic rings. The average molecular weight is 227 g/mol. The van der Waals surface area contributed by atoms with E-state index in [0.29, 0.717) is 13.0 Å². The molecule has 4 heteroatoms. The summed E-state index contributed by atoms with van der Waals surface area (Å²) in [6.45, 7) is 2.40. The molecule has 2 N–H and O–H groups in total. The Hall–Kier alpha value is -0.870. The van der Waals surface area contributed by atoms with Crippen LogP contribution >= 0.6 is 11.3 Å². The quantitative estimate of drug-likeness (QED) is 0.725. The second-order valence-corrected chi connectivity index (χ2v) is 4.43. The van der Waals surface area contributed by atoms with Crippen LogP contribution in [0.5, 0.6) is 0 Å². The van der Waals surface area contributed by atoms with E-state index in [1.165, 1.54) is 0 Å². The van der Waals surface area contributed by atoms with Crippen molar-refractivity contribution in [2.75, 3.05) is 6.54 Å². The van der Waals surface area contributed by atoms with Crippen LogP contribution in [0.3, 0.4) is 0 Å². The molecule has 1 aromatic heterocycles. The largest absolute Gasteiger partial charge is 0.393 e. The summed E-state index contributed by atoms with van der Waals surface area (Å²) in [6, 6.07) is 1.96. The smallest absolute Gasteiger partial charge is 0.224 e. The van der Waals surface area contributed by atoms with Crippen molar-refractivity contribution in [3.63, 3.8) is 0 Å². The van der Waals surface area contributed by atoms with Gasteiger partial charge in [-0.05, 0) is 42.2 Å². The fraction of sp³-hybridized carbons (Fsp3) is 0.545. The highest BCUT2D eigenvalue weighted by molar-refractivity contribution is 7.07. The van der Waals surface area contributed by atoms with Crippen LogP contribution in [0.2, 0.25) is 0 Å². The number of aliphatic hydroxyl groups is 1. The van der Waals surface area contributed by atoms with E-state index in [4.69, 9.17) is 5.11 Å². The molecule has 0 saturated carbocycles. The second-order valence-electron chi connectivity index (χ2n) is 3.65. The molecule has 1 heterocycles. The molecule has 0 aromatic carbocycles. The summed E-state index contributed by atoms with van der Waals surface area (Å²) in [5.41, 5.74) is 1.06. The minimum atomic E-state index is -0.279. The first-order chi connectivity index (χ1) is 7.18. The zero-order valence-corrected chi connectivity index (χ0v) is 9.72. The Bertz CT molecular complexity index is 283. The molecular weight excluding hydrogens is 210 g/mol. The first-order valence-electron chi connectivity index (χ1n) is 5.14. The van der Waals surface area contributed by atoms with Gasteiger partial charge in [0.2, 0.25) is 5.91 Å². The van der Waals surface area contributed by atoms with E-state index in [2.05, 4.69) is 5.32 Å². The first kappa shape index (κ1) is 12.2. The molecule has 0 aliphatic rings. The van der Waals surface area contributed by atoms with Crippen molar-refractivity contribution in [1.82, 2.24) is 5.32 Å². The molecular formula is C11H17NO2S. The van der Waals surface area contributed by atoms with Crippen LogP contribution in [0.4, 0.5) is 0 Å². The predicted molar refractivity (Wildman–Crippen MR) is 61.9 cm³/mol. The van der Waals surface area contributed by atoms with Crippen LogP contribution in [0, 0.1) is 0 Å². The highest BCUT2D eigenvalue weighted by Gasteiger charge is 2.03. The summed E-state index contributed by atoms with van der Waals surface area (Å²) < 4.78 is 0. The van der Waals surface area contributed by atoms with Gasteiger partial charge in [0.05, 0.1) is 12.5 Å². The molecule has 1 unspecified atom stereocenters. The standard InChI is InChI=1S/C11H17NO2S/c1-9(13)3-2-5-12-11(14)7-10-4-6-15-8-10/h4,6,8-9,13H,2-3,5,7H2,1H3,(H,12,14). The van der Waals surface area contributed by atoms with Gasteiger partial charge in [0.25, 0.3) is 0 Å². The van der Waals surface area contributed by atoms with Gasteiger partial charge in [-0.25, -0.2) is 0 Å². The Morgan fingerprint density at radius 3 is 3.07 bits per heavy atom. The third-order valence-corrected chi connectivity index (χ3v) is 2.80. The number of nitrogens with one attached hydrogen (secondary N) is 1. The van der Waals surface area contributed by atoms with Crippen molar-refractivity contribution in [3.05, 3.63) is 22.4 Å². The SMILES string of the molecule is CC(O)CCCNC(=O)Cc1ccsc1. The van der Waals surface area contributed by atoms with E-state index in [1.807, 2.05) is 16.8 Å². The van der Waals surface area contributed by atoms with Gasteiger partial charge >= 0.3 is 0 Å². The van der Waals surface area contributed by atoms with Gasteiger partial charge in [0.15, 0.2) is 0 Å². The van der Waals surface area contributed by atoms with E-state index in [0.717, 1.165) is 18.4 Å². The lowest BCUT2D eigenvalue weighted by Gasteiger charge is -2.05. The summed E-state index contributed by atoms with van der Waals surface area (Å²) in [5, 5.41) is 15.8. The lowest BCUT2D eigenvalue weighted by Crippen LogP contribution is -2.26. The summed E-state index contributed by atoms with van der Waals surface area (Å²) in [4.78, 5) is 11.4. The maximum Gasteiger partial charge on any atom is 0.224 e. The van der Waals surface area contributed by atoms with Gasteiger partial charge in [0, 0.05) is 6.54 Å². The van der Waals surface area contributed by atoms with Gasteiger partial charge < -0.3 is 10.4 Å². The highest BCUT2D eigenvalue weighted by Crippen LogP contribution is 2.06. The van der Waals surface area contributed by atoms with Crippen molar-refractivity contribution >= 4 is 17.2 Å². The molecule has 1 rings (SSSR count). The molecule has 0 bridgehead atoms. The molecule has 0 saturated heterocycles. The fourth-order valence-electron chi connectivity index (χ4n) is 1.27. The zero-order chi connectivity index (χ0) is 11.1. The zero-order valence-electron chi connectivity index (χ0n) is 8.90. The van der Waals surface area contributed by atoms with Crippen LogP contribution in [0.1, 0.15) is 25.3 Å². The predicted octanol–water partition coefficient (Wildman–Crippen LogP) is 1.57. The molecule has 0 radical (unpaired) electrons. The van der Waals surface area contributed by atoms with E-state index in [9.17, 15) is 4.79 Å². The summed E-state index contributed by atoms with van der Waals surface area (Å²) >= 11 is 1.60. The Labute approximate surface area is 94.1 Å². The minimum absolute atomic E-state index is 0.0546. The minimum Gasteiger partial charge on any atom is -0.393 e. The molecule has 3 nitrogen and oxygen atoms in total. The summed E-state index contributed by atoms with van der Waals surface area (Å²) in [7, 11) is 0. The van der Waals surface area contributed by atoms with Crippen molar-refractivity contribution in [1.29, 1.82) is 0 Å². The Kier molecular flexibility index (Phi) is 5.36. The lowest BCUT2D eigenvalue weighted by atomic mass is 10.2. The molecule has 1 amide bonds.